The molecule has 21 heavy (non-hydrogen) atoms. The summed E-state index contributed by atoms with van der Waals surface area (Å²) in [5, 5.41) is 6.36. The summed E-state index contributed by atoms with van der Waals surface area (Å²) >= 11 is 0. The van der Waals surface area contributed by atoms with Crippen LogP contribution in [0.15, 0.2) is 24.3 Å². The molecule has 0 aromatic heterocycles. The molecule has 1 fully saturated rings. The summed E-state index contributed by atoms with van der Waals surface area (Å²) < 4.78 is 5.71. The molecule has 1 aromatic carbocycles. The number of ether oxygens (including phenoxy) is 1. The minimum Gasteiger partial charge on any atom is -0.491 e. The topological polar surface area (TPSA) is 50.4 Å². The predicted molar refractivity (Wildman–Crippen MR) is 87.4 cm³/mol. The molecule has 1 aliphatic rings. The van der Waals surface area contributed by atoms with Crippen LogP contribution in [0, 0.1) is 0 Å². The molecule has 0 spiro atoms. The second kappa shape index (κ2) is 8.90. The van der Waals surface area contributed by atoms with Gasteiger partial charge in [-0.25, -0.2) is 0 Å². The van der Waals surface area contributed by atoms with Crippen molar-refractivity contribution in [1.29, 1.82) is 0 Å². The third-order valence-electron chi connectivity index (χ3n) is 3.66. The summed E-state index contributed by atoms with van der Waals surface area (Å²) in [4.78, 5) is 12.1. The van der Waals surface area contributed by atoms with Crippen molar-refractivity contribution in [1.82, 2.24) is 10.6 Å². The molecular weight excluding hydrogens is 288 g/mol. The first kappa shape index (κ1) is 17.8. The van der Waals surface area contributed by atoms with Crippen LogP contribution in [0.1, 0.15) is 43.5 Å². The van der Waals surface area contributed by atoms with E-state index in [-0.39, 0.29) is 30.5 Å². The van der Waals surface area contributed by atoms with Gasteiger partial charge in [-0.15, -0.1) is 12.4 Å². The largest absolute Gasteiger partial charge is 0.491 e. The summed E-state index contributed by atoms with van der Waals surface area (Å²) in [7, 11) is 0. The number of hydrogen-bond acceptors (Lipinski definition) is 3. The van der Waals surface area contributed by atoms with E-state index >= 15 is 0 Å². The fraction of sp³-hybridized carbons (Fsp3) is 0.562. The van der Waals surface area contributed by atoms with Gasteiger partial charge in [-0.2, -0.15) is 0 Å². The number of halogens is 1. The van der Waals surface area contributed by atoms with E-state index in [1.807, 2.05) is 31.2 Å². The van der Waals surface area contributed by atoms with Gasteiger partial charge in [0.15, 0.2) is 0 Å². The normalized spacial score (nSPS) is 19.2. The number of benzene rings is 1. The van der Waals surface area contributed by atoms with E-state index in [0.717, 1.165) is 38.1 Å². The van der Waals surface area contributed by atoms with Crippen molar-refractivity contribution in [3.63, 3.8) is 0 Å². The van der Waals surface area contributed by atoms with Crippen molar-refractivity contribution in [2.75, 3.05) is 13.1 Å². The molecule has 5 heteroatoms. The zero-order chi connectivity index (χ0) is 14.4. The summed E-state index contributed by atoms with van der Waals surface area (Å²) in [6, 6.07) is 7.61. The van der Waals surface area contributed by atoms with Crippen LogP contribution in [0.2, 0.25) is 0 Å². The maximum atomic E-state index is 12.1. The standard InChI is InChI=1S/C16H24N2O2.ClH/c1-3-12(2)20-15-8-6-13(7-9-15)16(19)18-14-5-4-10-17-11-14;/h6-9,12,14,17H,3-5,10-11H2,1-2H3,(H,18,19);1H/t12?,14-;/m0./s1. The Morgan fingerprint density at radius 3 is 2.71 bits per heavy atom. The number of piperidine rings is 1. The number of rotatable bonds is 5. The highest BCUT2D eigenvalue weighted by atomic mass is 35.5. The highest BCUT2D eigenvalue weighted by molar-refractivity contribution is 5.94. The van der Waals surface area contributed by atoms with Crippen molar-refractivity contribution in [2.24, 2.45) is 0 Å². The predicted octanol–water partition coefficient (Wildman–Crippen LogP) is 2.77. The SMILES string of the molecule is CCC(C)Oc1ccc(C(=O)N[C@H]2CCCNC2)cc1.Cl. The minimum absolute atomic E-state index is 0. The highest BCUT2D eigenvalue weighted by Crippen LogP contribution is 2.15. The molecule has 1 saturated heterocycles. The molecule has 2 atom stereocenters. The molecule has 0 bridgehead atoms. The molecule has 1 aliphatic heterocycles. The lowest BCUT2D eigenvalue weighted by Crippen LogP contribution is -2.45. The average molecular weight is 313 g/mol. The van der Waals surface area contributed by atoms with E-state index in [4.69, 9.17) is 4.74 Å². The van der Waals surface area contributed by atoms with Gasteiger partial charge in [-0.05, 0) is 57.0 Å². The molecule has 118 valence electrons. The Labute approximate surface area is 133 Å². The summed E-state index contributed by atoms with van der Waals surface area (Å²) in [6.07, 6.45) is 3.33. The van der Waals surface area contributed by atoms with Crippen molar-refractivity contribution >= 4 is 18.3 Å². The van der Waals surface area contributed by atoms with Crippen LogP contribution >= 0.6 is 12.4 Å². The number of hydrogen-bond donors (Lipinski definition) is 2. The molecule has 1 heterocycles. The first-order chi connectivity index (χ1) is 9.69. The molecule has 0 saturated carbocycles. The van der Waals surface area contributed by atoms with E-state index in [2.05, 4.69) is 17.6 Å². The molecule has 1 unspecified atom stereocenters. The lowest BCUT2D eigenvalue weighted by atomic mass is 10.1. The Morgan fingerprint density at radius 1 is 1.43 bits per heavy atom. The van der Waals surface area contributed by atoms with Crippen LogP contribution in [0.4, 0.5) is 0 Å². The first-order valence-electron chi connectivity index (χ1n) is 7.47. The molecule has 0 radical (unpaired) electrons. The fourth-order valence-corrected chi connectivity index (χ4v) is 2.24. The quantitative estimate of drug-likeness (QED) is 0.879. The minimum atomic E-state index is -0.00575. The zero-order valence-corrected chi connectivity index (χ0v) is 13.5. The first-order valence-corrected chi connectivity index (χ1v) is 7.47. The second-order valence-corrected chi connectivity index (χ2v) is 5.38. The molecule has 4 nitrogen and oxygen atoms in total. The molecule has 1 amide bonds. The van der Waals surface area contributed by atoms with E-state index in [1.165, 1.54) is 0 Å². The van der Waals surface area contributed by atoms with Crippen LogP contribution in [0.3, 0.4) is 0 Å². The van der Waals surface area contributed by atoms with Gasteiger partial charge >= 0.3 is 0 Å². The fourth-order valence-electron chi connectivity index (χ4n) is 2.24. The van der Waals surface area contributed by atoms with Crippen molar-refractivity contribution in [2.45, 2.75) is 45.3 Å². The van der Waals surface area contributed by atoms with Crippen LogP contribution in [0.5, 0.6) is 5.75 Å². The number of carbonyl (C=O) groups excluding carboxylic acids is 1. The van der Waals surface area contributed by atoms with Gasteiger partial charge in [-0.1, -0.05) is 6.92 Å². The van der Waals surface area contributed by atoms with Gasteiger partial charge < -0.3 is 15.4 Å². The summed E-state index contributed by atoms with van der Waals surface area (Å²) in [6.45, 7) is 6.04. The van der Waals surface area contributed by atoms with Crippen LogP contribution in [0.25, 0.3) is 0 Å². The smallest absolute Gasteiger partial charge is 0.251 e. The van der Waals surface area contributed by atoms with E-state index in [1.54, 1.807) is 0 Å². The van der Waals surface area contributed by atoms with E-state index < -0.39 is 0 Å². The third-order valence-corrected chi connectivity index (χ3v) is 3.66. The monoisotopic (exact) mass is 312 g/mol. The number of amides is 1. The van der Waals surface area contributed by atoms with Crippen LogP contribution in [-0.4, -0.2) is 31.1 Å². The lowest BCUT2D eigenvalue weighted by Gasteiger charge is -2.23. The molecular formula is C16H25ClN2O2. The maximum Gasteiger partial charge on any atom is 0.251 e. The second-order valence-electron chi connectivity index (χ2n) is 5.38. The molecule has 1 aromatic rings. The van der Waals surface area contributed by atoms with Gasteiger partial charge in [0.05, 0.1) is 6.10 Å². The molecule has 2 rings (SSSR count). The Kier molecular flexibility index (Phi) is 7.54. The average Bonchev–Trinajstić information content (AvgIpc) is 2.49. The van der Waals surface area contributed by atoms with Gasteiger partial charge in [-0.3, -0.25) is 4.79 Å². The van der Waals surface area contributed by atoms with Crippen molar-refractivity contribution in [3.8, 4) is 5.75 Å². The third kappa shape index (κ3) is 5.56. The van der Waals surface area contributed by atoms with E-state index in [0.29, 0.717) is 5.56 Å². The Morgan fingerprint density at radius 2 is 2.14 bits per heavy atom. The van der Waals surface area contributed by atoms with Gasteiger partial charge in [0.1, 0.15) is 5.75 Å². The Bertz CT molecular complexity index is 430. The Balaban J connectivity index is 0.00000220. The molecule has 0 aliphatic carbocycles. The maximum absolute atomic E-state index is 12.1. The summed E-state index contributed by atoms with van der Waals surface area (Å²) in [5.74, 6) is 0.809. The van der Waals surface area contributed by atoms with Crippen molar-refractivity contribution in [3.05, 3.63) is 29.8 Å². The zero-order valence-electron chi connectivity index (χ0n) is 12.7. The van der Waals surface area contributed by atoms with Gasteiger partial charge in [0, 0.05) is 18.2 Å². The van der Waals surface area contributed by atoms with Gasteiger partial charge in [0.25, 0.3) is 5.91 Å². The Hall–Kier alpha value is -1.26. The van der Waals surface area contributed by atoms with Crippen LogP contribution < -0.4 is 15.4 Å². The summed E-state index contributed by atoms with van der Waals surface area (Å²) in [5.41, 5.74) is 0.687. The highest BCUT2D eigenvalue weighted by Gasteiger charge is 2.16. The van der Waals surface area contributed by atoms with E-state index in [9.17, 15) is 4.79 Å². The number of carbonyl (C=O) groups is 1. The molecule has 2 N–H and O–H groups in total. The van der Waals surface area contributed by atoms with Crippen molar-refractivity contribution < 1.29 is 9.53 Å². The number of nitrogens with one attached hydrogen (secondary N) is 2. The van der Waals surface area contributed by atoms with Gasteiger partial charge in [0.2, 0.25) is 0 Å². The lowest BCUT2D eigenvalue weighted by molar-refractivity contribution is 0.0930. The van der Waals surface area contributed by atoms with Crippen LogP contribution in [-0.2, 0) is 0 Å².